The Hall–Kier alpha value is -2.57. The first-order valence-corrected chi connectivity index (χ1v) is 5.84. The van der Waals surface area contributed by atoms with E-state index in [1.54, 1.807) is 0 Å². The average molecular weight is 278 g/mol. The van der Waals surface area contributed by atoms with E-state index in [0.717, 1.165) is 0 Å². The number of benzene rings is 1. The Morgan fingerprint density at radius 2 is 2.30 bits per heavy atom. The van der Waals surface area contributed by atoms with E-state index in [0.29, 0.717) is 6.29 Å². The molecule has 8 heteroatoms. The first-order chi connectivity index (χ1) is 9.69. The number of amides is 1. The van der Waals surface area contributed by atoms with Gasteiger partial charge < -0.3 is 15.2 Å². The van der Waals surface area contributed by atoms with Crippen molar-refractivity contribution in [1.82, 2.24) is 5.32 Å². The topological polar surface area (TPSA) is 124 Å². The van der Waals surface area contributed by atoms with Crippen LogP contribution in [0.15, 0.2) is 23.3 Å². The van der Waals surface area contributed by atoms with Gasteiger partial charge in [-0.15, -0.1) is 0 Å². The zero-order chi connectivity index (χ0) is 14.8. The van der Waals surface area contributed by atoms with Gasteiger partial charge in [-0.3, -0.25) is 9.59 Å². The van der Waals surface area contributed by atoms with E-state index in [1.807, 2.05) is 0 Å². The number of hydrogen-bond donors (Lipinski definition) is 2. The minimum atomic E-state index is -0.369. The maximum Gasteiger partial charge on any atom is 0.251 e. The van der Waals surface area contributed by atoms with Gasteiger partial charge in [0.05, 0.1) is 18.8 Å². The molecule has 0 aromatic heterocycles. The molecule has 0 aliphatic heterocycles. The van der Waals surface area contributed by atoms with Crippen LogP contribution in [0, 0.1) is 0 Å². The number of carbonyl (C=O) groups excluding carboxylic acids is 2. The predicted octanol–water partition coefficient (Wildman–Crippen LogP) is 1.26. The maximum absolute atomic E-state index is 11.7. The van der Waals surface area contributed by atoms with Crippen LogP contribution in [0.2, 0.25) is 0 Å². The molecular formula is C12H14N4O4. The van der Waals surface area contributed by atoms with Crippen LogP contribution < -0.4 is 5.32 Å². The second-order valence-corrected chi connectivity index (χ2v) is 3.71. The summed E-state index contributed by atoms with van der Waals surface area (Å²) in [5.74, 6) is -0.537. The van der Waals surface area contributed by atoms with Gasteiger partial charge in [0.15, 0.2) is 6.29 Å². The lowest BCUT2D eigenvalue weighted by molar-refractivity contribution is 0.0920. The van der Waals surface area contributed by atoms with Gasteiger partial charge in [-0.2, -0.15) is 0 Å². The number of phenols is 1. The fourth-order valence-corrected chi connectivity index (χ4v) is 1.38. The number of hydrogen-bond acceptors (Lipinski definition) is 5. The third-order valence-corrected chi connectivity index (χ3v) is 2.35. The Morgan fingerprint density at radius 1 is 1.50 bits per heavy atom. The first-order valence-electron chi connectivity index (χ1n) is 5.84. The highest BCUT2D eigenvalue weighted by Gasteiger charge is 2.08. The molecule has 0 fully saturated rings. The van der Waals surface area contributed by atoms with Crippen molar-refractivity contribution in [3.8, 4) is 5.75 Å². The van der Waals surface area contributed by atoms with Crippen LogP contribution in [0.25, 0.3) is 10.4 Å². The molecule has 0 aliphatic carbocycles. The lowest BCUT2D eigenvalue weighted by Gasteiger charge is -2.06. The number of ether oxygens (including phenoxy) is 1. The molecule has 106 valence electrons. The van der Waals surface area contributed by atoms with Crippen LogP contribution in [-0.2, 0) is 4.74 Å². The molecule has 0 spiro atoms. The molecule has 20 heavy (non-hydrogen) atoms. The summed E-state index contributed by atoms with van der Waals surface area (Å²) in [4.78, 5) is 24.9. The number of aromatic hydroxyl groups is 1. The van der Waals surface area contributed by atoms with Crippen molar-refractivity contribution in [2.24, 2.45) is 5.11 Å². The quantitative estimate of drug-likeness (QED) is 0.244. The van der Waals surface area contributed by atoms with E-state index in [-0.39, 0.29) is 49.1 Å². The van der Waals surface area contributed by atoms with Crippen LogP contribution in [0.1, 0.15) is 20.7 Å². The van der Waals surface area contributed by atoms with Crippen molar-refractivity contribution in [2.45, 2.75) is 0 Å². The van der Waals surface area contributed by atoms with Gasteiger partial charge in [0.2, 0.25) is 0 Å². The molecule has 2 N–H and O–H groups in total. The Balaban J connectivity index is 2.36. The molecule has 0 aliphatic rings. The first kappa shape index (κ1) is 15.5. The third kappa shape index (κ3) is 4.97. The Labute approximate surface area is 115 Å². The van der Waals surface area contributed by atoms with E-state index in [1.165, 1.54) is 18.2 Å². The van der Waals surface area contributed by atoms with Gasteiger partial charge in [-0.05, 0) is 23.7 Å². The molecule has 8 nitrogen and oxygen atoms in total. The standard InChI is InChI=1S/C12H14N4O4/c13-16-15-4-6-20-5-3-14-12(19)9-1-2-11(18)10(7-9)8-17/h1-2,7-8,18H,3-6H2,(H,14,19). The lowest BCUT2D eigenvalue weighted by Crippen LogP contribution is -2.27. The second-order valence-electron chi connectivity index (χ2n) is 3.71. The maximum atomic E-state index is 11.7. The smallest absolute Gasteiger partial charge is 0.251 e. The molecule has 1 aromatic rings. The second kappa shape index (κ2) is 8.52. The predicted molar refractivity (Wildman–Crippen MR) is 70.7 cm³/mol. The molecule has 1 aromatic carbocycles. The molecule has 1 rings (SSSR count). The zero-order valence-corrected chi connectivity index (χ0v) is 10.7. The van der Waals surface area contributed by atoms with Gasteiger partial charge in [0.25, 0.3) is 5.91 Å². The number of azide groups is 1. The van der Waals surface area contributed by atoms with Gasteiger partial charge in [-0.1, -0.05) is 5.11 Å². The van der Waals surface area contributed by atoms with Crippen LogP contribution in [0.5, 0.6) is 5.75 Å². The number of nitrogens with one attached hydrogen (secondary N) is 1. The Morgan fingerprint density at radius 3 is 3.00 bits per heavy atom. The molecule has 0 saturated heterocycles. The number of aldehydes is 1. The van der Waals surface area contributed by atoms with Crippen molar-refractivity contribution in [3.05, 3.63) is 39.8 Å². The highest BCUT2D eigenvalue weighted by molar-refractivity contribution is 5.96. The fourth-order valence-electron chi connectivity index (χ4n) is 1.38. The van der Waals surface area contributed by atoms with E-state index in [2.05, 4.69) is 15.3 Å². The van der Waals surface area contributed by atoms with E-state index in [9.17, 15) is 14.7 Å². The number of nitrogens with zero attached hydrogens (tertiary/aromatic N) is 3. The summed E-state index contributed by atoms with van der Waals surface area (Å²) in [6, 6.07) is 4.01. The molecule has 0 heterocycles. The highest BCUT2D eigenvalue weighted by atomic mass is 16.5. The molecule has 0 bridgehead atoms. The summed E-state index contributed by atoms with van der Waals surface area (Å²) in [7, 11) is 0. The van der Waals surface area contributed by atoms with Crippen LogP contribution in [0.4, 0.5) is 0 Å². The van der Waals surface area contributed by atoms with Gasteiger partial charge in [0, 0.05) is 23.6 Å². The molecule has 0 saturated carbocycles. The van der Waals surface area contributed by atoms with Crippen molar-refractivity contribution in [2.75, 3.05) is 26.3 Å². The molecule has 1 amide bonds. The van der Waals surface area contributed by atoms with Crippen molar-refractivity contribution in [1.29, 1.82) is 0 Å². The average Bonchev–Trinajstić information content (AvgIpc) is 2.46. The van der Waals surface area contributed by atoms with E-state index >= 15 is 0 Å². The Kier molecular flexibility index (Phi) is 6.60. The molecule has 0 radical (unpaired) electrons. The summed E-state index contributed by atoms with van der Waals surface area (Å²) < 4.78 is 5.11. The summed E-state index contributed by atoms with van der Waals surface area (Å²) in [6.07, 6.45) is 0.477. The zero-order valence-electron chi connectivity index (χ0n) is 10.7. The molecule has 0 unspecified atom stereocenters. The number of carbonyl (C=O) groups is 2. The fraction of sp³-hybridized carbons (Fsp3) is 0.333. The van der Waals surface area contributed by atoms with Gasteiger partial charge in [-0.25, -0.2) is 0 Å². The van der Waals surface area contributed by atoms with Crippen molar-refractivity contribution >= 4 is 12.2 Å². The molecule has 0 atom stereocenters. The number of rotatable bonds is 8. The molecular weight excluding hydrogens is 264 g/mol. The summed E-state index contributed by atoms with van der Waals surface area (Å²) in [5.41, 5.74) is 8.37. The summed E-state index contributed by atoms with van der Waals surface area (Å²) in [5, 5.41) is 15.2. The van der Waals surface area contributed by atoms with Crippen LogP contribution >= 0.6 is 0 Å². The van der Waals surface area contributed by atoms with Crippen LogP contribution in [-0.4, -0.2) is 43.6 Å². The van der Waals surface area contributed by atoms with E-state index < -0.39 is 0 Å². The lowest BCUT2D eigenvalue weighted by atomic mass is 10.1. The minimum Gasteiger partial charge on any atom is -0.507 e. The largest absolute Gasteiger partial charge is 0.507 e. The number of phenolic OH excluding ortho intramolecular Hbond substituents is 1. The normalized spacial score (nSPS) is 9.60. The highest BCUT2D eigenvalue weighted by Crippen LogP contribution is 2.16. The van der Waals surface area contributed by atoms with Gasteiger partial charge in [0.1, 0.15) is 5.75 Å². The van der Waals surface area contributed by atoms with Gasteiger partial charge >= 0.3 is 0 Å². The minimum absolute atomic E-state index is 0.0586. The van der Waals surface area contributed by atoms with Crippen molar-refractivity contribution < 1.29 is 19.4 Å². The summed E-state index contributed by atoms with van der Waals surface area (Å²) >= 11 is 0. The summed E-state index contributed by atoms with van der Waals surface area (Å²) in [6.45, 7) is 1.09. The monoisotopic (exact) mass is 278 g/mol. The Bertz CT molecular complexity index is 526. The van der Waals surface area contributed by atoms with Crippen molar-refractivity contribution in [3.63, 3.8) is 0 Å². The van der Waals surface area contributed by atoms with Crippen LogP contribution in [0.3, 0.4) is 0 Å². The van der Waals surface area contributed by atoms with E-state index in [4.69, 9.17) is 10.3 Å². The SMILES string of the molecule is [N-]=[N+]=NCCOCCNC(=O)c1ccc(O)c(C=O)c1. The third-order valence-electron chi connectivity index (χ3n) is 2.35.